The van der Waals surface area contributed by atoms with Gasteiger partial charge in [0.05, 0.1) is 6.20 Å². The Bertz CT molecular complexity index is 1050. The number of hydroxylamine groups is 2. The van der Waals surface area contributed by atoms with Crippen molar-refractivity contribution < 1.29 is 14.2 Å². The van der Waals surface area contributed by atoms with Gasteiger partial charge in [-0.25, -0.2) is 0 Å². The van der Waals surface area contributed by atoms with Crippen molar-refractivity contribution in [2.75, 3.05) is 19.9 Å². The highest BCUT2D eigenvalue weighted by Crippen LogP contribution is 2.56. The second kappa shape index (κ2) is 4.99. The largest absolute Gasteiger partial charge is 0.627 e. The van der Waals surface area contributed by atoms with Crippen molar-refractivity contribution in [2.45, 2.75) is 12.0 Å². The van der Waals surface area contributed by atoms with E-state index in [1.807, 2.05) is 36.4 Å². The summed E-state index contributed by atoms with van der Waals surface area (Å²) in [6.07, 6.45) is 1.67. The van der Waals surface area contributed by atoms with E-state index >= 15 is 0 Å². The molecule has 8 nitrogen and oxygen atoms in total. The van der Waals surface area contributed by atoms with Crippen LogP contribution in [0.25, 0.3) is 0 Å². The highest BCUT2D eigenvalue weighted by molar-refractivity contribution is 5.69. The molecule has 0 fully saturated rings. The number of benzene rings is 2. The molecule has 0 saturated carbocycles. The molecule has 1 N–H and O–H groups in total. The quantitative estimate of drug-likeness (QED) is 0.554. The molecule has 6 rings (SSSR count). The number of aromatic amines is 1. The number of H-pyrrole nitrogens is 1. The smallest absolute Gasteiger partial charge is 0.231 e. The molecule has 2 atom stereocenters. The predicted octanol–water partition coefficient (Wildman–Crippen LogP) is 2.23. The average Bonchev–Trinajstić information content (AvgIpc) is 3.44. The van der Waals surface area contributed by atoms with E-state index in [0.29, 0.717) is 30.3 Å². The van der Waals surface area contributed by atoms with Gasteiger partial charge in [0.2, 0.25) is 6.79 Å². The second-order valence-electron chi connectivity index (χ2n) is 7.26. The summed E-state index contributed by atoms with van der Waals surface area (Å²) in [6, 6.07) is 11.6. The molecule has 3 aromatic rings. The number of nitrogens with one attached hydrogen (secondary N) is 1. The van der Waals surface area contributed by atoms with E-state index in [-0.39, 0.29) is 13.3 Å². The maximum Gasteiger partial charge on any atom is 0.231 e. The molecule has 1 spiro atoms. The summed E-state index contributed by atoms with van der Waals surface area (Å²) < 4.78 is 16.6. The van der Waals surface area contributed by atoms with E-state index in [1.165, 1.54) is 0 Å². The molecule has 0 bridgehead atoms. The Morgan fingerprint density at radius 3 is 2.78 bits per heavy atom. The third-order valence-electron chi connectivity index (χ3n) is 5.73. The van der Waals surface area contributed by atoms with Gasteiger partial charge in [-0.15, -0.1) is 5.10 Å². The molecule has 4 heterocycles. The molecular formula is C19H16N4O4. The minimum Gasteiger partial charge on any atom is -0.627 e. The van der Waals surface area contributed by atoms with E-state index in [9.17, 15) is 5.21 Å². The zero-order chi connectivity index (χ0) is 18.1. The van der Waals surface area contributed by atoms with Gasteiger partial charge < -0.3 is 24.1 Å². The van der Waals surface area contributed by atoms with Crippen molar-refractivity contribution >= 4 is 5.69 Å². The number of nitrogens with zero attached hydrogens (tertiary/aromatic N) is 3. The maximum absolute atomic E-state index is 13.9. The fourth-order valence-corrected chi connectivity index (χ4v) is 4.59. The van der Waals surface area contributed by atoms with E-state index < -0.39 is 10.1 Å². The fourth-order valence-electron chi connectivity index (χ4n) is 4.59. The lowest BCUT2D eigenvalue weighted by Gasteiger charge is -2.39. The molecule has 136 valence electrons. The Morgan fingerprint density at radius 1 is 1.07 bits per heavy atom. The number of rotatable bonds is 2. The summed E-state index contributed by atoms with van der Waals surface area (Å²) in [7, 11) is 0. The molecule has 0 saturated heterocycles. The van der Waals surface area contributed by atoms with E-state index in [4.69, 9.17) is 14.2 Å². The van der Waals surface area contributed by atoms with Crippen LogP contribution in [0.1, 0.15) is 16.8 Å². The topological polar surface area (TPSA) is 92.3 Å². The van der Waals surface area contributed by atoms with Gasteiger partial charge in [-0.1, -0.05) is 23.4 Å². The number of para-hydroxylation sites is 1. The molecule has 2 unspecified atom stereocenters. The van der Waals surface area contributed by atoms with Crippen molar-refractivity contribution in [3.05, 3.63) is 64.6 Å². The predicted molar refractivity (Wildman–Crippen MR) is 95.4 cm³/mol. The van der Waals surface area contributed by atoms with Crippen LogP contribution < -0.4 is 18.9 Å². The summed E-state index contributed by atoms with van der Waals surface area (Å²) in [5.41, 5.74) is 2.85. The first kappa shape index (κ1) is 15.0. The Labute approximate surface area is 154 Å². The zero-order valence-corrected chi connectivity index (χ0v) is 14.3. The summed E-state index contributed by atoms with van der Waals surface area (Å²) in [5, 5.41) is 24.4. The number of ether oxygens (including phenoxy) is 3. The molecule has 3 aliphatic heterocycles. The van der Waals surface area contributed by atoms with Crippen LogP contribution in [0.5, 0.6) is 17.2 Å². The minimum absolute atomic E-state index is 0.204. The summed E-state index contributed by atoms with van der Waals surface area (Å²) >= 11 is 0. The van der Waals surface area contributed by atoms with Crippen molar-refractivity contribution in [1.82, 2.24) is 20.1 Å². The van der Waals surface area contributed by atoms with Gasteiger partial charge in [0.15, 0.2) is 11.5 Å². The molecule has 1 aromatic heterocycles. The standard InChI is InChI=1S/C19H16N4O4/c24-23(8-12-7-20-22-21-12)9-19(13-3-1-2-4-15(13)23)10-25-16-6-18-17(5-14(16)19)26-11-27-18/h1-7H,8-11H2,(H,20,21,22). The van der Waals surface area contributed by atoms with Crippen LogP contribution >= 0.6 is 0 Å². The SMILES string of the molecule is [O-][N+]1(Cc2c[nH]nn2)CC2(COc3cc4c(cc32)OCO4)c2ccccc21. The van der Waals surface area contributed by atoms with Crippen LogP contribution in [0.15, 0.2) is 42.6 Å². The minimum atomic E-state index is -0.515. The van der Waals surface area contributed by atoms with Crippen molar-refractivity contribution in [3.63, 3.8) is 0 Å². The van der Waals surface area contributed by atoms with Gasteiger partial charge in [0.25, 0.3) is 0 Å². The lowest BCUT2D eigenvalue weighted by atomic mass is 9.77. The fraction of sp³-hybridized carbons (Fsp3) is 0.263. The monoisotopic (exact) mass is 364 g/mol. The number of fused-ring (bicyclic) bond motifs is 5. The highest BCUT2D eigenvalue weighted by Gasteiger charge is 2.56. The van der Waals surface area contributed by atoms with Crippen LogP contribution in [0, 0.1) is 5.21 Å². The molecule has 0 radical (unpaired) electrons. The molecule has 2 aromatic carbocycles. The van der Waals surface area contributed by atoms with Crippen molar-refractivity contribution in [1.29, 1.82) is 0 Å². The van der Waals surface area contributed by atoms with Gasteiger partial charge >= 0.3 is 0 Å². The van der Waals surface area contributed by atoms with Gasteiger partial charge in [0, 0.05) is 17.2 Å². The van der Waals surface area contributed by atoms with Crippen molar-refractivity contribution in [3.8, 4) is 17.2 Å². The first-order valence-electron chi connectivity index (χ1n) is 8.78. The van der Waals surface area contributed by atoms with Gasteiger partial charge in [-0.05, 0) is 12.1 Å². The highest BCUT2D eigenvalue weighted by atomic mass is 16.7. The molecule has 3 aliphatic rings. The summed E-state index contributed by atoms with van der Waals surface area (Å²) in [6.45, 7) is 1.18. The average molecular weight is 364 g/mol. The summed E-state index contributed by atoms with van der Waals surface area (Å²) in [5.74, 6) is 2.13. The number of quaternary nitrogens is 1. The Kier molecular flexibility index (Phi) is 2.78. The van der Waals surface area contributed by atoms with E-state index in [0.717, 1.165) is 22.6 Å². The first-order valence-corrected chi connectivity index (χ1v) is 8.78. The van der Waals surface area contributed by atoms with Crippen LogP contribution in [0.3, 0.4) is 0 Å². The van der Waals surface area contributed by atoms with Crippen molar-refractivity contribution in [2.24, 2.45) is 0 Å². The lowest BCUT2D eigenvalue weighted by molar-refractivity contribution is 0.173. The molecule has 0 amide bonds. The molecule has 0 aliphatic carbocycles. The molecule has 27 heavy (non-hydrogen) atoms. The van der Waals surface area contributed by atoms with Gasteiger partial charge in [0.1, 0.15) is 42.2 Å². The third-order valence-corrected chi connectivity index (χ3v) is 5.73. The number of hydrogen-bond acceptors (Lipinski definition) is 6. The zero-order valence-electron chi connectivity index (χ0n) is 14.3. The second-order valence-corrected chi connectivity index (χ2v) is 7.26. The summed E-state index contributed by atoms with van der Waals surface area (Å²) in [4.78, 5) is 0. The third kappa shape index (κ3) is 1.93. The van der Waals surface area contributed by atoms with Crippen LogP contribution in [0.4, 0.5) is 5.69 Å². The Hall–Kier alpha value is -3.10. The number of aromatic nitrogens is 3. The maximum atomic E-state index is 13.9. The van der Waals surface area contributed by atoms with Crippen LogP contribution in [-0.2, 0) is 12.0 Å². The normalized spacial score (nSPS) is 26.9. The van der Waals surface area contributed by atoms with Crippen LogP contribution in [0.2, 0.25) is 0 Å². The van der Waals surface area contributed by atoms with Gasteiger partial charge in [-0.2, -0.15) is 0 Å². The van der Waals surface area contributed by atoms with E-state index in [2.05, 4.69) is 15.4 Å². The van der Waals surface area contributed by atoms with Gasteiger partial charge in [-0.3, -0.25) is 5.10 Å². The number of hydrogen-bond donors (Lipinski definition) is 1. The molecule has 8 heteroatoms. The Balaban J connectivity index is 1.52. The Morgan fingerprint density at radius 2 is 1.93 bits per heavy atom. The molecular weight excluding hydrogens is 348 g/mol. The van der Waals surface area contributed by atoms with Crippen LogP contribution in [-0.4, -0.2) is 35.4 Å². The lowest BCUT2D eigenvalue weighted by Crippen LogP contribution is -2.46. The first-order chi connectivity index (χ1) is 13.2. The van der Waals surface area contributed by atoms with E-state index in [1.54, 1.807) is 6.20 Å².